The van der Waals surface area contributed by atoms with E-state index in [9.17, 15) is 20.2 Å². The molecule has 0 fully saturated rings. The van der Waals surface area contributed by atoms with E-state index in [0.29, 0.717) is 0 Å². The fourth-order valence-electron chi connectivity index (χ4n) is 1.53. The molecule has 0 atom stereocenters. The van der Waals surface area contributed by atoms with Crippen molar-refractivity contribution in [1.82, 2.24) is 4.90 Å². The Kier molecular flexibility index (Phi) is 3.18. The number of hydrogen-bond donors (Lipinski definition) is 0. The van der Waals surface area contributed by atoms with Crippen LogP contribution in [-0.4, -0.2) is 27.6 Å². The van der Waals surface area contributed by atoms with Crippen molar-refractivity contribution >= 4 is 22.9 Å². The average molecular weight is 274 g/mol. The van der Waals surface area contributed by atoms with Crippen molar-refractivity contribution in [3.05, 3.63) is 45.1 Å². The lowest BCUT2D eigenvalue weighted by molar-refractivity contribution is -0.393. The van der Waals surface area contributed by atoms with E-state index in [0.717, 1.165) is 17.1 Å². The van der Waals surface area contributed by atoms with E-state index in [2.05, 4.69) is 11.8 Å². The quantitative estimate of drug-likeness (QED) is 0.595. The summed E-state index contributed by atoms with van der Waals surface area (Å²) in [6.07, 6.45) is 0. The number of amidine groups is 1. The second-order valence-electron chi connectivity index (χ2n) is 3.69. The third-order valence-corrected chi connectivity index (χ3v) is 2.45. The zero-order chi connectivity index (χ0) is 14.9. The summed E-state index contributed by atoms with van der Waals surface area (Å²) >= 11 is 0. The van der Waals surface area contributed by atoms with E-state index < -0.39 is 21.2 Å². The number of non-ortho nitro benzene ring substituents is 1. The Morgan fingerprint density at radius 3 is 2.55 bits per heavy atom. The van der Waals surface area contributed by atoms with E-state index in [1.54, 1.807) is 6.07 Å². The molecule has 1 aliphatic heterocycles. The smallest absolute Gasteiger partial charge is 0.301 e. The van der Waals surface area contributed by atoms with Crippen LogP contribution < -0.4 is 5.01 Å². The van der Waals surface area contributed by atoms with Gasteiger partial charge in [0.25, 0.3) is 5.69 Å². The maximum atomic E-state index is 11.0. The summed E-state index contributed by atoms with van der Waals surface area (Å²) in [6.45, 7) is 2.58. The van der Waals surface area contributed by atoms with Gasteiger partial charge < -0.3 is 4.90 Å². The van der Waals surface area contributed by atoms with Crippen LogP contribution in [-0.2, 0) is 0 Å². The Morgan fingerprint density at radius 2 is 2.05 bits per heavy atom. The second-order valence-corrected chi connectivity index (χ2v) is 3.69. The van der Waals surface area contributed by atoms with Crippen LogP contribution in [0.2, 0.25) is 0 Å². The van der Waals surface area contributed by atoms with Crippen molar-refractivity contribution in [3.8, 4) is 6.07 Å². The topological polar surface area (TPSA) is 129 Å². The fraction of sp³-hybridized carbons (Fsp3) is 0.100. The van der Waals surface area contributed by atoms with Gasteiger partial charge in [0.2, 0.25) is 12.5 Å². The highest BCUT2D eigenvalue weighted by Crippen LogP contribution is 2.34. The van der Waals surface area contributed by atoms with Crippen molar-refractivity contribution in [1.29, 1.82) is 5.26 Å². The summed E-state index contributed by atoms with van der Waals surface area (Å²) < 4.78 is 0. The second kappa shape index (κ2) is 4.81. The Morgan fingerprint density at radius 1 is 1.35 bits per heavy atom. The van der Waals surface area contributed by atoms with Crippen molar-refractivity contribution in [3.63, 3.8) is 0 Å². The van der Waals surface area contributed by atoms with Gasteiger partial charge in [0, 0.05) is 13.1 Å². The molecule has 0 aromatic heterocycles. The minimum atomic E-state index is -0.760. The molecule has 10 nitrogen and oxygen atoms in total. The molecule has 2 radical (unpaired) electrons. The van der Waals surface area contributed by atoms with Crippen molar-refractivity contribution in [2.75, 3.05) is 12.1 Å². The molecule has 20 heavy (non-hydrogen) atoms. The molecular weight excluding hydrogens is 268 g/mol. The highest BCUT2D eigenvalue weighted by Gasteiger charge is 2.29. The molecule has 0 saturated carbocycles. The number of rotatable bonds is 3. The normalized spacial score (nSPS) is 13.9. The molecular formula is C10H6N6O4. The number of hydrogen-bond acceptors (Lipinski definition) is 8. The van der Waals surface area contributed by atoms with Crippen LogP contribution in [0, 0.1) is 38.2 Å². The Hall–Kier alpha value is -3.22. The van der Waals surface area contributed by atoms with Gasteiger partial charge in [0.05, 0.1) is 15.9 Å². The predicted molar refractivity (Wildman–Crippen MR) is 66.3 cm³/mol. The molecule has 0 spiro atoms. The van der Waals surface area contributed by atoms with E-state index in [1.807, 2.05) is 0 Å². The predicted octanol–water partition coefficient (Wildman–Crippen LogP) is 1.09. The molecule has 0 unspecified atom stereocenters. The van der Waals surface area contributed by atoms with Crippen LogP contribution in [0.25, 0.3) is 0 Å². The van der Waals surface area contributed by atoms with E-state index in [-0.39, 0.29) is 11.5 Å². The number of nitro groups is 2. The van der Waals surface area contributed by atoms with Crippen LogP contribution >= 0.6 is 0 Å². The number of nitro benzene ring substituents is 2. The number of hydrazone groups is 1. The minimum Gasteiger partial charge on any atom is -0.317 e. The minimum absolute atomic E-state index is 0.00218. The Bertz CT molecular complexity index is 664. The molecule has 10 heteroatoms. The van der Waals surface area contributed by atoms with Gasteiger partial charge in [-0.05, 0) is 6.07 Å². The molecule has 0 saturated heterocycles. The first-order chi connectivity index (χ1) is 9.43. The molecule has 0 amide bonds. The zero-order valence-electron chi connectivity index (χ0n) is 10.0. The molecule has 0 bridgehead atoms. The van der Waals surface area contributed by atoms with Crippen LogP contribution in [0.3, 0.4) is 0 Å². The van der Waals surface area contributed by atoms with E-state index >= 15 is 0 Å². The summed E-state index contributed by atoms with van der Waals surface area (Å²) in [6, 6.07) is 4.91. The number of anilines is 1. The van der Waals surface area contributed by atoms with Gasteiger partial charge >= 0.3 is 5.69 Å². The maximum Gasteiger partial charge on any atom is 0.301 e. The molecule has 1 aromatic carbocycles. The highest BCUT2D eigenvalue weighted by molar-refractivity contribution is 5.99. The van der Waals surface area contributed by atoms with Gasteiger partial charge in [-0.15, -0.1) is 5.10 Å². The lowest BCUT2D eigenvalue weighted by atomic mass is 10.2. The molecule has 1 aliphatic rings. The van der Waals surface area contributed by atoms with Gasteiger partial charge in [-0.25, -0.2) is 5.01 Å². The molecule has 1 heterocycles. The Balaban J connectivity index is 2.48. The standard InChI is InChI=1S/C10H6N6O4/c1-13-6-14(12-10(13)5-11)8-3-2-7(15(17)18)4-9(8)16(19)20/h2-4H,1H3. The van der Waals surface area contributed by atoms with Gasteiger partial charge in [0.15, 0.2) is 0 Å². The monoisotopic (exact) mass is 274 g/mol. The molecule has 1 aromatic rings. The first-order valence-corrected chi connectivity index (χ1v) is 5.15. The van der Waals surface area contributed by atoms with E-state index in [4.69, 9.17) is 5.26 Å². The van der Waals surface area contributed by atoms with Crippen LogP contribution in [0.15, 0.2) is 23.3 Å². The van der Waals surface area contributed by atoms with Crippen LogP contribution in [0.5, 0.6) is 0 Å². The summed E-state index contributed by atoms with van der Waals surface area (Å²) in [5.41, 5.74) is -0.918. The zero-order valence-corrected chi connectivity index (χ0v) is 10.0. The third-order valence-electron chi connectivity index (χ3n) is 2.45. The van der Waals surface area contributed by atoms with Crippen LogP contribution in [0.4, 0.5) is 17.1 Å². The number of nitrogens with zero attached hydrogens (tertiary/aromatic N) is 6. The molecule has 0 N–H and O–H groups in total. The third kappa shape index (κ3) is 2.19. The largest absolute Gasteiger partial charge is 0.317 e. The summed E-state index contributed by atoms with van der Waals surface area (Å²) in [5, 5.41) is 35.2. The first kappa shape index (κ1) is 13.2. The average Bonchev–Trinajstić information content (AvgIpc) is 2.79. The van der Waals surface area contributed by atoms with Gasteiger partial charge in [-0.2, -0.15) is 5.26 Å². The summed E-state index contributed by atoms with van der Waals surface area (Å²) in [7, 11) is 1.50. The van der Waals surface area contributed by atoms with Crippen LogP contribution in [0.1, 0.15) is 0 Å². The summed E-state index contributed by atoms with van der Waals surface area (Å²) in [4.78, 5) is 21.4. The first-order valence-electron chi connectivity index (χ1n) is 5.15. The fourth-order valence-corrected chi connectivity index (χ4v) is 1.53. The van der Waals surface area contributed by atoms with Gasteiger partial charge in [0.1, 0.15) is 11.8 Å². The van der Waals surface area contributed by atoms with Gasteiger partial charge in [-0.3, -0.25) is 20.2 Å². The number of nitriles is 1. The van der Waals surface area contributed by atoms with Crippen molar-refractivity contribution in [2.45, 2.75) is 0 Å². The van der Waals surface area contributed by atoms with Gasteiger partial charge in [-0.1, -0.05) is 0 Å². The SMILES string of the molecule is CN1[C]N(c2ccc([N+](=O)[O-])cc2[N+](=O)[O-])N=C1C#N. The van der Waals surface area contributed by atoms with E-state index in [1.165, 1.54) is 18.0 Å². The maximum absolute atomic E-state index is 11.0. The lowest BCUT2D eigenvalue weighted by Gasteiger charge is -2.12. The molecule has 2 rings (SSSR count). The molecule has 100 valence electrons. The van der Waals surface area contributed by atoms with Crippen molar-refractivity contribution in [2.24, 2.45) is 5.10 Å². The lowest BCUT2D eigenvalue weighted by Crippen LogP contribution is -2.20. The highest BCUT2D eigenvalue weighted by atomic mass is 16.6. The molecule has 0 aliphatic carbocycles. The number of benzene rings is 1. The summed E-state index contributed by atoms with van der Waals surface area (Å²) in [5.74, 6) is -0.00218. The Labute approximate surface area is 112 Å². The van der Waals surface area contributed by atoms with Crippen molar-refractivity contribution < 1.29 is 9.85 Å².